The number of carbonyl (C=O) groups excluding carboxylic acids is 2. The molecule has 1 unspecified atom stereocenters. The van der Waals surface area contributed by atoms with Gasteiger partial charge in [0.1, 0.15) is 22.7 Å². The van der Waals surface area contributed by atoms with Crippen molar-refractivity contribution in [2.24, 2.45) is 0 Å². The number of halogens is 4. The maximum Gasteiger partial charge on any atom is 0.394 e. The summed E-state index contributed by atoms with van der Waals surface area (Å²) in [5.74, 6) is -1.96. The van der Waals surface area contributed by atoms with E-state index in [1.54, 1.807) is 11.7 Å². The second-order valence-electron chi connectivity index (χ2n) is 8.50. The first-order chi connectivity index (χ1) is 19.0. The van der Waals surface area contributed by atoms with Gasteiger partial charge in [-0.15, -0.1) is 26.6 Å². The first-order valence-electron chi connectivity index (χ1n) is 11.7. The number of thiazole rings is 1. The number of aromatic nitrogens is 6. The summed E-state index contributed by atoms with van der Waals surface area (Å²) in [6.45, 7) is 0.0336. The van der Waals surface area contributed by atoms with Crippen molar-refractivity contribution >= 4 is 39.6 Å². The largest absolute Gasteiger partial charge is 0.433 e. The van der Waals surface area contributed by atoms with Crippen molar-refractivity contribution in [1.29, 1.82) is 0 Å². The number of benzene rings is 1. The summed E-state index contributed by atoms with van der Waals surface area (Å²) in [4.78, 5) is 29.2. The summed E-state index contributed by atoms with van der Waals surface area (Å²) >= 11 is 2.51. The van der Waals surface area contributed by atoms with Gasteiger partial charge in [0.2, 0.25) is 11.0 Å². The van der Waals surface area contributed by atoms with Gasteiger partial charge in [-0.25, -0.2) is 13.5 Å². The topological polar surface area (TPSA) is 137 Å². The van der Waals surface area contributed by atoms with Crippen LogP contribution in [0.15, 0.2) is 36.1 Å². The van der Waals surface area contributed by atoms with Gasteiger partial charge in [-0.05, 0) is 24.6 Å². The van der Waals surface area contributed by atoms with Gasteiger partial charge in [0.05, 0.1) is 24.7 Å². The number of aryl methyl sites for hydroxylation is 1. The third-order valence-corrected chi connectivity index (χ3v) is 6.79. The fourth-order valence-corrected chi connectivity index (χ4v) is 4.71. The van der Waals surface area contributed by atoms with E-state index in [1.165, 1.54) is 17.5 Å². The van der Waals surface area contributed by atoms with Crippen molar-refractivity contribution in [2.45, 2.75) is 51.6 Å². The zero-order valence-corrected chi connectivity index (χ0v) is 22.4. The number of amides is 2. The Labute approximate surface area is 232 Å². The summed E-state index contributed by atoms with van der Waals surface area (Å²) < 4.78 is 60.3. The highest BCUT2D eigenvalue weighted by Crippen LogP contribution is 2.23. The van der Waals surface area contributed by atoms with Crippen LogP contribution in [-0.4, -0.2) is 54.3 Å². The van der Waals surface area contributed by atoms with Crippen molar-refractivity contribution in [3.05, 3.63) is 63.1 Å². The SMILES string of the molecule is CC(F)(F)Oc1ccc(F)c(CNC(=O)c2cn(CC(F)CCc3nnc(NC(=O)Cc4cncs4)s3)nn2)c1. The maximum atomic E-state index is 14.6. The Bertz CT molecular complexity index is 1440. The van der Waals surface area contributed by atoms with E-state index in [-0.39, 0.29) is 55.3 Å². The normalized spacial score (nSPS) is 12.2. The zero-order chi connectivity index (χ0) is 28.7. The number of hydrogen-bond acceptors (Lipinski definition) is 10. The number of nitrogens with zero attached hydrogens (tertiary/aromatic N) is 6. The number of anilines is 1. The quantitative estimate of drug-likeness (QED) is 0.222. The highest BCUT2D eigenvalue weighted by molar-refractivity contribution is 7.15. The lowest BCUT2D eigenvalue weighted by atomic mass is 10.2. The number of hydrogen-bond donors (Lipinski definition) is 2. The Balaban J connectivity index is 1.22. The van der Waals surface area contributed by atoms with Gasteiger partial charge in [-0.3, -0.25) is 14.6 Å². The lowest BCUT2D eigenvalue weighted by Gasteiger charge is -2.14. The van der Waals surface area contributed by atoms with Crippen LogP contribution in [-0.2, 0) is 30.7 Å². The first-order valence-corrected chi connectivity index (χ1v) is 13.4. The molecule has 0 spiro atoms. The molecule has 212 valence electrons. The molecule has 0 aliphatic heterocycles. The van der Waals surface area contributed by atoms with E-state index < -0.39 is 24.0 Å². The molecule has 0 aliphatic rings. The third kappa shape index (κ3) is 8.77. The molecule has 2 amide bonds. The molecule has 1 aromatic carbocycles. The molecule has 0 saturated heterocycles. The summed E-state index contributed by atoms with van der Waals surface area (Å²) in [6.07, 6.45) is -1.44. The molecule has 0 bridgehead atoms. The number of nitrogens with one attached hydrogen (secondary N) is 2. The molecule has 4 aromatic rings. The summed E-state index contributed by atoms with van der Waals surface area (Å²) in [5.41, 5.74) is 1.42. The molecule has 3 aromatic heterocycles. The van der Waals surface area contributed by atoms with Crippen molar-refractivity contribution in [2.75, 3.05) is 5.32 Å². The van der Waals surface area contributed by atoms with Crippen LogP contribution in [0.3, 0.4) is 0 Å². The van der Waals surface area contributed by atoms with Gasteiger partial charge in [-0.1, -0.05) is 16.6 Å². The van der Waals surface area contributed by atoms with E-state index in [9.17, 15) is 27.2 Å². The Kier molecular flexibility index (Phi) is 9.36. The van der Waals surface area contributed by atoms with Crippen LogP contribution in [0.4, 0.5) is 22.7 Å². The fourth-order valence-electron chi connectivity index (χ4n) is 3.35. The smallest absolute Gasteiger partial charge is 0.394 e. The minimum absolute atomic E-state index is 0.0782. The molecule has 1 atom stereocenters. The van der Waals surface area contributed by atoms with E-state index in [0.29, 0.717) is 17.1 Å². The minimum atomic E-state index is -3.45. The number of alkyl halides is 3. The maximum absolute atomic E-state index is 14.6. The molecular formula is C23H22F4N8O3S2. The Morgan fingerprint density at radius 2 is 2.05 bits per heavy atom. The lowest BCUT2D eigenvalue weighted by molar-refractivity contribution is -0.159. The summed E-state index contributed by atoms with van der Waals surface area (Å²) in [5, 5.41) is 21.2. The van der Waals surface area contributed by atoms with Gasteiger partial charge in [0.15, 0.2) is 5.69 Å². The van der Waals surface area contributed by atoms with E-state index in [0.717, 1.165) is 39.1 Å². The van der Waals surface area contributed by atoms with Crippen molar-refractivity contribution in [3.63, 3.8) is 0 Å². The second-order valence-corrected chi connectivity index (χ2v) is 10.5. The van der Waals surface area contributed by atoms with E-state index in [1.807, 2.05) is 0 Å². The second kappa shape index (κ2) is 12.9. The fraction of sp³-hybridized carbons (Fsp3) is 0.348. The minimum Gasteiger partial charge on any atom is -0.433 e. The van der Waals surface area contributed by atoms with E-state index >= 15 is 0 Å². The van der Waals surface area contributed by atoms with Crippen LogP contribution in [0.2, 0.25) is 0 Å². The molecule has 0 saturated carbocycles. The molecule has 11 nitrogen and oxygen atoms in total. The molecule has 0 fully saturated rings. The Hall–Kier alpha value is -3.99. The molecule has 0 aliphatic carbocycles. The van der Waals surface area contributed by atoms with Crippen LogP contribution < -0.4 is 15.4 Å². The van der Waals surface area contributed by atoms with Crippen molar-refractivity contribution in [1.82, 2.24) is 35.5 Å². The van der Waals surface area contributed by atoms with Crippen LogP contribution in [0.25, 0.3) is 0 Å². The standard InChI is InChI=1S/C23H22F4N8O3S2/c1-23(26,27)38-15-3-4-17(25)13(6-15)8-29-21(37)18-11-35(34-31-18)10-14(24)2-5-20-32-33-22(40-20)30-19(36)7-16-9-28-12-39-16/h3-4,6,9,11-12,14H,2,5,7-8,10H2,1H3,(H,29,37)(H,30,33,36). The molecule has 0 radical (unpaired) electrons. The third-order valence-electron chi connectivity index (χ3n) is 5.11. The van der Waals surface area contributed by atoms with Crippen molar-refractivity contribution < 1.29 is 31.9 Å². The van der Waals surface area contributed by atoms with Gasteiger partial charge < -0.3 is 15.4 Å². The number of ether oxygens (including phenoxy) is 1. The number of carbonyl (C=O) groups is 2. The van der Waals surface area contributed by atoms with Crippen molar-refractivity contribution in [3.8, 4) is 5.75 Å². The van der Waals surface area contributed by atoms with Gasteiger partial charge in [0.25, 0.3) is 5.91 Å². The average molecular weight is 599 g/mol. The average Bonchev–Trinajstić information content (AvgIpc) is 3.65. The Morgan fingerprint density at radius 1 is 1.23 bits per heavy atom. The predicted molar refractivity (Wildman–Crippen MR) is 136 cm³/mol. The first kappa shape index (κ1) is 29.0. The van der Waals surface area contributed by atoms with E-state index in [2.05, 4.69) is 40.9 Å². The van der Waals surface area contributed by atoms with Gasteiger partial charge >= 0.3 is 6.11 Å². The van der Waals surface area contributed by atoms with Crippen LogP contribution in [0.5, 0.6) is 5.75 Å². The lowest BCUT2D eigenvalue weighted by Crippen LogP contribution is -2.24. The van der Waals surface area contributed by atoms with E-state index in [4.69, 9.17) is 0 Å². The van der Waals surface area contributed by atoms with Crippen LogP contribution in [0.1, 0.15) is 39.3 Å². The molecule has 3 heterocycles. The monoisotopic (exact) mass is 598 g/mol. The highest BCUT2D eigenvalue weighted by Gasteiger charge is 2.24. The summed E-state index contributed by atoms with van der Waals surface area (Å²) in [6, 6.07) is 3.04. The van der Waals surface area contributed by atoms with Crippen LogP contribution in [0, 0.1) is 5.82 Å². The highest BCUT2D eigenvalue weighted by atomic mass is 32.1. The zero-order valence-electron chi connectivity index (χ0n) is 20.8. The molecule has 40 heavy (non-hydrogen) atoms. The predicted octanol–water partition coefficient (Wildman–Crippen LogP) is 3.80. The number of rotatable bonds is 13. The van der Waals surface area contributed by atoms with Gasteiger partial charge in [-0.2, -0.15) is 8.78 Å². The van der Waals surface area contributed by atoms with Gasteiger partial charge in [0, 0.05) is 36.5 Å². The molecular weight excluding hydrogens is 576 g/mol. The summed E-state index contributed by atoms with van der Waals surface area (Å²) in [7, 11) is 0. The Morgan fingerprint density at radius 3 is 2.80 bits per heavy atom. The molecule has 2 N–H and O–H groups in total. The molecule has 4 rings (SSSR count). The van der Waals surface area contributed by atoms with Crippen LogP contribution >= 0.6 is 22.7 Å². The molecule has 17 heteroatoms.